The van der Waals surface area contributed by atoms with Crippen molar-refractivity contribution < 1.29 is 4.74 Å². The van der Waals surface area contributed by atoms with Gasteiger partial charge in [-0.25, -0.2) is 0 Å². The zero-order valence-electron chi connectivity index (χ0n) is 11.8. The smallest absolute Gasteiger partial charge is 0.142 e. The zero-order valence-corrected chi connectivity index (χ0v) is 12.6. The third-order valence-corrected chi connectivity index (χ3v) is 4.17. The molecule has 106 valence electrons. The molecule has 0 saturated heterocycles. The third-order valence-electron chi connectivity index (χ3n) is 3.44. The van der Waals surface area contributed by atoms with Gasteiger partial charge in [-0.05, 0) is 54.3 Å². The van der Waals surface area contributed by atoms with E-state index in [4.69, 9.17) is 4.74 Å². The molecule has 1 fully saturated rings. The minimum absolute atomic E-state index is 0.691. The number of aryl methyl sites for hydroxylation is 1. The van der Waals surface area contributed by atoms with Gasteiger partial charge in [-0.1, -0.05) is 0 Å². The van der Waals surface area contributed by atoms with Crippen molar-refractivity contribution in [3.05, 3.63) is 45.9 Å². The first-order valence-electron chi connectivity index (χ1n) is 7.15. The number of hydrogen-bond donors (Lipinski definition) is 1. The highest BCUT2D eigenvalue weighted by Crippen LogP contribution is 2.22. The summed E-state index contributed by atoms with van der Waals surface area (Å²) in [7, 11) is 0. The van der Waals surface area contributed by atoms with Crippen molar-refractivity contribution in [2.75, 3.05) is 6.61 Å². The summed E-state index contributed by atoms with van der Waals surface area (Å²) in [4.78, 5) is 4.60. The zero-order chi connectivity index (χ0) is 13.8. The van der Waals surface area contributed by atoms with Gasteiger partial charge in [0.25, 0.3) is 0 Å². The van der Waals surface area contributed by atoms with Crippen LogP contribution >= 0.6 is 11.3 Å². The van der Waals surface area contributed by atoms with Gasteiger partial charge in [-0.3, -0.25) is 4.98 Å². The first-order chi connectivity index (χ1) is 9.81. The Balaban J connectivity index is 1.58. The summed E-state index contributed by atoms with van der Waals surface area (Å²) in [5.74, 6) is 0.916. The topological polar surface area (TPSA) is 34.1 Å². The van der Waals surface area contributed by atoms with E-state index in [0.717, 1.165) is 30.1 Å². The Bertz CT molecular complexity index is 550. The van der Waals surface area contributed by atoms with Crippen molar-refractivity contribution in [2.24, 2.45) is 0 Å². The van der Waals surface area contributed by atoms with Crippen molar-refractivity contribution in [2.45, 2.75) is 38.8 Å². The van der Waals surface area contributed by atoms with E-state index in [-0.39, 0.29) is 0 Å². The van der Waals surface area contributed by atoms with E-state index < -0.39 is 0 Å². The molecule has 0 aromatic carbocycles. The van der Waals surface area contributed by atoms with E-state index in [2.05, 4.69) is 27.1 Å². The summed E-state index contributed by atoms with van der Waals surface area (Å²) in [6, 6.07) is 6.90. The lowest BCUT2D eigenvalue weighted by Gasteiger charge is -2.12. The summed E-state index contributed by atoms with van der Waals surface area (Å²) in [6.45, 7) is 3.54. The summed E-state index contributed by atoms with van der Waals surface area (Å²) < 4.78 is 5.92. The maximum absolute atomic E-state index is 5.92. The second-order valence-electron chi connectivity index (χ2n) is 5.28. The van der Waals surface area contributed by atoms with Crippen LogP contribution in [-0.4, -0.2) is 17.6 Å². The van der Waals surface area contributed by atoms with E-state index in [0.29, 0.717) is 12.6 Å². The van der Waals surface area contributed by atoms with Crippen LogP contribution in [0, 0.1) is 6.92 Å². The second kappa shape index (κ2) is 6.37. The molecular weight excluding hydrogens is 268 g/mol. The molecule has 0 bridgehead atoms. The summed E-state index contributed by atoms with van der Waals surface area (Å²) in [5, 5.41) is 7.78. The minimum atomic E-state index is 0.691. The van der Waals surface area contributed by atoms with Crippen molar-refractivity contribution in [3.63, 3.8) is 0 Å². The van der Waals surface area contributed by atoms with Gasteiger partial charge in [0.05, 0.1) is 12.3 Å². The Morgan fingerprint density at radius 1 is 1.35 bits per heavy atom. The molecule has 0 unspecified atom stereocenters. The number of nitrogens with one attached hydrogen (secondary N) is 1. The lowest BCUT2D eigenvalue weighted by Crippen LogP contribution is -2.17. The lowest BCUT2D eigenvalue weighted by atomic mass is 10.2. The highest BCUT2D eigenvalue weighted by atomic mass is 32.1. The Morgan fingerprint density at radius 3 is 3.00 bits per heavy atom. The maximum atomic E-state index is 5.92. The predicted molar refractivity (Wildman–Crippen MR) is 82.4 cm³/mol. The lowest BCUT2D eigenvalue weighted by molar-refractivity contribution is 0.315. The molecule has 0 spiro atoms. The quantitative estimate of drug-likeness (QED) is 0.848. The van der Waals surface area contributed by atoms with Gasteiger partial charge in [0.2, 0.25) is 0 Å². The van der Waals surface area contributed by atoms with Crippen molar-refractivity contribution in [1.29, 1.82) is 0 Å². The average molecular weight is 288 g/mol. The van der Waals surface area contributed by atoms with Crippen LogP contribution in [0.25, 0.3) is 0 Å². The van der Waals surface area contributed by atoms with E-state index in [9.17, 15) is 0 Å². The molecule has 2 heterocycles. The van der Waals surface area contributed by atoms with Gasteiger partial charge in [0, 0.05) is 24.7 Å². The van der Waals surface area contributed by atoms with Crippen molar-refractivity contribution in [3.8, 4) is 5.75 Å². The summed E-state index contributed by atoms with van der Waals surface area (Å²) >= 11 is 1.73. The molecule has 3 rings (SSSR count). The number of nitrogens with zero attached hydrogens (tertiary/aromatic N) is 1. The SMILES string of the molecule is Cc1ccc(OCCc2ccsc2)c(CNC2CC2)n1. The first-order valence-corrected chi connectivity index (χ1v) is 8.09. The van der Waals surface area contributed by atoms with Crippen LogP contribution in [0.1, 0.15) is 29.8 Å². The molecule has 0 radical (unpaired) electrons. The Kier molecular flexibility index (Phi) is 4.33. The Morgan fingerprint density at radius 2 is 2.25 bits per heavy atom. The van der Waals surface area contributed by atoms with Gasteiger partial charge < -0.3 is 10.1 Å². The summed E-state index contributed by atoms with van der Waals surface area (Å²) in [5.41, 5.74) is 3.41. The highest BCUT2D eigenvalue weighted by molar-refractivity contribution is 7.07. The fourth-order valence-corrected chi connectivity index (χ4v) is 2.80. The van der Waals surface area contributed by atoms with E-state index in [1.54, 1.807) is 11.3 Å². The van der Waals surface area contributed by atoms with Crippen LogP contribution in [0.2, 0.25) is 0 Å². The molecule has 4 heteroatoms. The molecule has 20 heavy (non-hydrogen) atoms. The molecule has 2 aromatic heterocycles. The standard InChI is InChI=1S/C16H20N2OS/c1-12-2-5-16(15(18-12)10-17-14-3-4-14)19-8-6-13-7-9-20-11-13/h2,5,7,9,11,14,17H,3-4,6,8,10H2,1H3. The van der Waals surface area contributed by atoms with Gasteiger partial charge in [-0.2, -0.15) is 11.3 Å². The van der Waals surface area contributed by atoms with Crippen LogP contribution in [0.15, 0.2) is 29.0 Å². The van der Waals surface area contributed by atoms with Crippen LogP contribution in [0.5, 0.6) is 5.75 Å². The number of rotatable bonds is 7. The monoisotopic (exact) mass is 288 g/mol. The largest absolute Gasteiger partial charge is 0.491 e. The van der Waals surface area contributed by atoms with E-state index in [1.165, 1.54) is 18.4 Å². The number of aromatic nitrogens is 1. The molecule has 1 aliphatic rings. The molecule has 1 N–H and O–H groups in total. The molecule has 2 aromatic rings. The molecule has 3 nitrogen and oxygen atoms in total. The van der Waals surface area contributed by atoms with E-state index in [1.807, 2.05) is 19.1 Å². The fourth-order valence-electron chi connectivity index (χ4n) is 2.10. The first kappa shape index (κ1) is 13.6. The molecule has 1 aliphatic carbocycles. The minimum Gasteiger partial charge on any atom is -0.491 e. The number of hydrogen-bond acceptors (Lipinski definition) is 4. The molecular formula is C16H20N2OS. The Labute approximate surface area is 124 Å². The number of thiophene rings is 1. The second-order valence-corrected chi connectivity index (χ2v) is 6.06. The van der Waals surface area contributed by atoms with Gasteiger partial charge in [-0.15, -0.1) is 0 Å². The van der Waals surface area contributed by atoms with E-state index >= 15 is 0 Å². The highest BCUT2D eigenvalue weighted by Gasteiger charge is 2.21. The van der Waals surface area contributed by atoms with Gasteiger partial charge >= 0.3 is 0 Å². The van der Waals surface area contributed by atoms with Crippen molar-refractivity contribution in [1.82, 2.24) is 10.3 Å². The van der Waals surface area contributed by atoms with Gasteiger partial charge in [0.15, 0.2) is 0 Å². The molecule has 1 saturated carbocycles. The third kappa shape index (κ3) is 3.81. The van der Waals surface area contributed by atoms with Crippen LogP contribution in [0.3, 0.4) is 0 Å². The van der Waals surface area contributed by atoms with Crippen LogP contribution < -0.4 is 10.1 Å². The predicted octanol–water partition coefficient (Wildman–Crippen LogP) is 3.33. The fraction of sp³-hybridized carbons (Fsp3) is 0.438. The maximum Gasteiger partial charge on any atom is 0.142 e. The Hall–Kier alpha value is -1.39. The van der Waals surface area contributed by atoms with Crippen molar-refractivity contribution >= 4 is 11.3 Å². The van der Waals surface area contributed by atoms with Crippen LogP contribution in [0.4, 0.5) is 0 Å². The van der Waals surface area contributed by atoms with Gasteiger partial charge in [0.1, 0.15) is 5.75 Å². The molecule has 0 aliphatic heterocycles. The number of ether oxygens (including phenoxy) is 1. The summed E-state index contributed by atoms with van der Waals surface area (Å²) in [6.07, 6.45) is 3.53. The average Bonchev–Trinajstić information content (AvgIpc) is 3.13. The van der Waals surface area contributed by atoms with Crippen LogP contribution in [-0.2, 0) is 13.0 Å². The molecule has 0 atom stereocenters. The molecule has 0 amide bonds. The normalized spacial score (nSPS) is 14.4. The number of pyridine rings is 1.